The van der Waals surface area contributed by atoms with Crippen LogP contribution in [0.5, 0.6) is 0 Å². The Bertz CT molecular complexity index is 1120. The Hall–Kier alpha value is -1.60. The third-order valence-corrected chi connectivity index (χ3v) is 8.10. The van der Waals surface area contributed by atoms with Crippen LogP contribution in [0.2, 0.25) is 0 Å². The highest BCUT2D eigenvalue weighted by Gasteiger charge is 2.16. The van der Waals surface area contributed by atoms with Gasteiger partial charge in [-0.3, -0.25) is 0 Å². The molecule has 0 aliphatic carbocycles. The summed E-state index contributed by atoms with van der Waals surface area (Å²) in [7, 11) is 0. The highest BCUT2D eigenvalue weighted by Crippen LogP contribution is 2.44. The molecule has 2 aromatic carbocycles. The molecule has 24 heavy (non-hydrogen) atoms. The maximum atomic E-state index is 4.78. The molecule has 0 saturated carbocycles. The first-order valence-corrected chi connectivity index (χ1v) is 10.5. The lowest BCUT2D eigenvalue weighted by atomic mass is 10.3. The van der Waals surface area contributed by atoms with Gasteiger partial charge in [-0.2, -0.15) is 0 Å². The molecular formula is C18H9BrN2S3. The zero-order valence-corrected chi connectivity index (χ0v) is 16.2. The standard InChI is InChI=1S/C18H9BrN2S3/c19-10-9-15(17-20-11-5-1-3-7-13(11)23-17)22-16(10)18-21-12-6-2-4-8-14(12)24-18/h1-9H. The first-order chi connectivity index (χ1) is 11.8. The van der Waals surface area contributed by atoms with Crippen LogP contribution >= 0.6 is 49.9 Å². The quantitative estimate of drug-likeness (QED) is 0.300. The summed E-state index contributed by atoms with van der Waals surface area (Å²) in [5.74, 6) is 0. The number of rotatable bonds is 2. The zero-order valence-electron chi connectivity index (χ0n) is 12.2. The molecule has 6 heteroatoms. The first kappa shape index (κ1) is 14.7. The molecule has 0 N–H and O–H groups in total. The van der Waals surface area contributed by atoms with Crippen LogP contribution in [0.25, 0.3) is 40.2 Å². The summed E-state index contributed by atoms with van der Waals surface area (Å²) in [4.78, 5) is 11.9. The predicted molar refractivity (Wildman–Crippen MR) is 109 cm³/mol. The van der Waals surface area contributed by atoms with E-state index in [2.05, 4.69) is 58.4 Å². The highest BCUT2D eigenvalue weighted by atomic mass is 79.9. The number of thiazole rings is 2. The SMILES string of the molecule is Brc1cc(-c2nc3ccccc3s2)sc1-c1nc2ccccc2s1. The third-order valence-electron chi connectivity index (χ3n) is 3.68. The van der Waals surface area contributed by atoms with Crippen LogP contribution < -0.4 is 0 Å². The van der Waals surface area contributed by atoms with Crippen molar-refractivity contribution in [1.82, 2.24) is 9.97 Å². The fraction of sp³-hybridized carbons (Fsp3) is 0. The van der Waals surface area contributed by atoms with E-state index in [9.17, 15) is 0 Å². The smallest absolute Gasteiger partial charge is 0.135 e. The Morgan fingerprint density at radius 1 is 0.708 bits per heavy atom. The number of halogens is 1. The molecule has 0 spiro atoms. The Balaban J connectivity index is 1.63. The molecule has 5 rings (SSSR count). The van der Waals surface area contributed by atoms with Crippen molar-refractivity contribution >= 4 is 70.4 Å². The van der Waals surface area contributed by atoms with E-state index < -0.39 is 0 Å². The van der Waals surface area contributed by atoms with Crippen molar-refractivity contribution in [2.45, 2.75) is 0 Å². The van der Waals surface area contributed by atoms with Crippen LogP contribution in [-0.2, 0) is 0 Å². The van der Waals surface area contributed by atoms with Crippen molar-refractivity contribution in [1.29, 1.82) is 0 Å². The van der Waals surface area contributed by atoms with Gasteiger partial charge in [-0.1, -0.05) is 24.3 Å². The summed E-state index contributed by atoms with van der Waals surface area (Å²) in [6.45, 7) is 0. The Labute approximate surface area is 158 Å². The van der Waals surface area contributed by atoms with Crippen molar-refractivity contribution in [3.05, 3.63) is 59.1 Å². The van der Waals surface area contributed by atoms with E-state index >= 15 is 0 Å². The Morgan fingerprint density at radius 2 is 1.29 bits per heavy atom. The summed E-state index contributed by atoms with van der Waals surface area (Å²) in [6.07, 6.45) is 0. The lowest BCUT2D eigenvalue weighted by Crippen LogP contribution is -1.69. The first-order valence-electron chi connectivity index (χ1n) is 7.29. The lowest BCUT2D eigenvalue weighted by molar-refractivity contribution is 1.49. The van der Waals surface area contributed by atoms with Crippen LogP contribution in [-0.4, -0.2) is 9.97 Å². The molecule has 0 aliphatic rings. The number of aromatic nitrogens is 2. The summed E-state index contributed by atoms with van der Waals surface area (Å²) in [6, 6.07) is 18.7. The largest absolute Gasteiger partial charge is 0.235 e. The van der Waals surface area contributed by atoms with Gasteiger partial charge in [0.1, 0.15) is 10.0 Å². The normalized spacial score (nSPS) is 11.5. The molecule has 5 aromatic rings. The molecule has 116 valence electrons. The fourth-order valence-electron chi connectivity index (χ4n) is 2.57. The van der Waals surface area contributed by atoms with Crippen LogP contribution in [0, 0.1) is 0 Å². The summed E-state index contributed by atoms with van der Waals surface area (Å²) < 4.78 is 3.52. The van der Waals surface area contributed by atoms with Gasteiger partial charge in [0, 0.05) is 4.47 Å². The van der Waals surface area contributed by atoms with Gasteiger partial charge >= 0.3 is 0 Å². The summed E-state index contributed by atoms with van der Waals surface area (Å²) >= 11 is 8.92. The Morgan fingerprint density at radius 3 is 1.96 bits per heavy atom. The van der Waals surface area contributed by atoms with E-state index in [-0.39, 0.29) is 0 Å². The van der Waals surface area contributed by atoms with Crippen LogP contribution in [0.3, 0.4) is 0 Å². The van der Waals surface area contributed by atoms with Gasteiger partial charge in [-0.25, -0.2) is 9.97 Å². The molecule has 0 aliphatic heterocycles. The minimum atomic E-state index is 1.05. The molecule has 0 amide bonds. The Kier molecular flexibility index (Phi) is 3.52. The van der Waals surface area contributed by atoms with Gasteiger partial charge in [0.05, 0.1) is 30.2 Å². The van der Waals surface area contributed by atoms with E-state index in [1.54, 1.807) is 34.0 Å². The van der Waals surface area contributed by atoms with Gasteiger partial charge in [-0.05, 0) is 46.3 Å². The van der Waals surface area contributed by atoms with Crippen molar-refractivity contribution in [3.8, 4) is 19.8 Å². The number of fused-ring (bicyclic) bond motifs is 2. The van der Waals surface area contributed by atoms with Crippen LogP contribution in [0.4, 0.5) is 0 Å². The topological polar surface area (TPSA) is 25.8 Å². The van der Waals surface area contributed by atoms with E-state index in [4.69, 9.17) is 9.97 Å². The lowest BCUT2D eigenvalue weighted by Gasteiger charge is -1.89. The molecule has 0 unspecified atom stereocenters. The highest BCUT2D eigenvalue weighted by molar-refractivity contribution is 9.10. The molecule has 0 fully saturated rings. The molecule has 3 aromatic heterocycles. The number of nitrogens with zero attached hydrogens (tertiary/aromatic N) is 2. The van der Waals surface area contributed by atoms with Crippen molar-refractivity contribution < 1.29 is 0 Å². The van der Waals surface area contributed by atoms with Crippen LogP contribution in [0.1, 0.15) is 0 Å². The second-order valence-electron chi connectivity index (χ2n) is 5.26. The molecule has 0 atom stereocenters. The van der Waals surface area contributed by atoms with Gasteiger partial charge in [0.25, 0.3) is 0 Å². The maximum absolute atomic E-state index is 4.78. The van der Waals surface area contributed by atoms with Gasteiger partial charge in [-0.15, -0.1) is 34.0 Å². The number of para-hydroxylation sites is 2. The fourth-order valence-corrected chi connectivity index (χ4v) is 6.62. The molecular weight excluding hydrogens is 420 g/mol. The van der Waals surface area contributed by atoms with Crippen molar-refractivity contribution in [3.63, 3.8) is 0 Å². The summed E-state index contributed by atoms with van der Waals surface area (Å²) in [5.41, 5.74) is 2.11. The van der Waals surface area contributed by atoms with Gasteiger partial charge in [0.2, 0.25) is 0 Å². The number of hydrogen-bond donors (Lipinski definition) is 0. The van der Waals surface area contributed by atoms with E-state index in [1.807, 2.05) is 12.1 Å². The van der Waals surface area contributed by atoms with Gasteiger partial charge < -0.3 is 0 Å². The number of thiophene rings is 1. The van der Waals surface area contributed by atoms with Crippen LogP contribution in [0.15, 0.2) is 59.1 Å². The minimum Gasteiger partial charge on any atom is -0.235 e. The maximum Gasteiger partial charge on any atom is 0.135 e. The molecule has 3 heterocycles. The predicted octanol–water partition coefficient (Wildman–Crippen LogP) is 7.06. The third kappa shape index (κ3) is 2.41. The molecule has 0 radical (unpaired) electrons. The van der Waals surface area contributed by atoms with E-state index in [0.29, 0.717) is 0 Å². The minimum absolute atomic E-state index is 1.05. The molecule has 0 bridgehead atoms. The second-order valence-corrected chi connectivity index (χ2v) is 9.23. The van der Waals surface area contributed by atoms with Gasteiger partial charge in [0.15, 0.2) is 0 Å². The molecule has 2 nitrogen and oxygen atoms in total. The second kappa shape index (κ2) is 5.74. The molecule has 0 saturated heterocycles. The monoisotopic (exact) mass is 428 g/mol. The summed E-state index contributed by atoms with van der Waals surface area (Å²) in [5, 5.41) is 2.12. The van der Waals surface area contributed by atoms with Crippen molar-refractivity contribution in [2.24, 2.45) is 0 Å². The average Bonchev–Trinajstić information content (AvgIpc) is 3.29. The van der Waals surface area contributed by atoms with E-state index in [0.717, 1.165) is 25.5 Å². The average molecular weight is 429 g/mol. The van der Waals surface area contributed by atoms with Crippen molar-refractivity contribution in [2.75, 3.05) is 0 Å². The zero-order chi connectivity index (χ0) is 16.1. The van der Waals surface area contributed by atoms with E-state index in [1.165, 1.54) is 19.2 Å². The number of benzene rings is 2. The number of hydrogen-bond acceptors (Lipinski definition) is 5.